The summed E-state index contributed by atoms with van der Waals surface area (Å²) < 4.78 is 29.3. The topological polar surface area (TPSA) is 89.8 Å². The number of rotatable bonds is 4. The zero-order valence-corrected chi connectivity index (χ0v) is 14.9. The molecule has 2 N–H and O–H groups in total. The van der Waals surface area contributed by atoms with E-state index < -0.39 is 17.6 Å². The van der Waals surface area contributed by atoms with Crippen LogP contribution in [0.15, 0.2) is 40.8 Å². The van der Waals surface area contributed by atoms with Crippen LogP contribution in [-0.2, 0) is 0 Å². The maximum absolute atomic E-state index is 13.8. The fourth-order valence-corrected chi connectivity index (χ4v) is 2.61. The molecule has 1 aromatic heterocycles. The van der Waals surface area contributed by atoms with Crippen LogP contribution in [-0.4, -0.2) is 26.0 Å². The fourth-order valence-electron chi connectivity index (χ4n) is 2.61. The van der Waals surface area contributed by atoms with E-state index in [1.54, 1.807) is 19.1 Å². The summed E-state index contributed by atoms with van der Waals surface area (Å²) in [6.45, 7) is 1.63. The van der Waals surface area contributed by atoms with Crippen LogP contribution < -0.4 is 20.3 Å². The van der Waals surface area contributed by atoms with Crippen molar-refractivity contribution in [1.82, 2.24) is 10.9 Å². The average molecular weight is 372 g/mol. The van der Waals surface area contributed by atoms with E-state index in [1.165, 1.54) is 38.5 Å². The number of hydrazine groups is 1. The van der Waals surface area contributed by atoms with Crippen molar-refractivity contribution in [3.63, 3.8) is 0 Å². The first-order valence-corrected chi connectivity index (χ1v) is 7.96. The van der Waals surface area contributed by atoms with Crippen molar-refractivity contribution in [3.05, 3.63) is 59.1 Å². The SMILES string of the molecule is COc1cc(OC)cc(C(=O)NNC(=O)c2oc3c(F)cccc3c2C)c1. The number of nitrogens with one attached hydrogen (secondary N) is 2. The van der Waals surface area contributed by atoms with Gasteiger partial charge < -0.3 is 13.9 Å². The Bertz CT molecular complexity index is 1010. The van der Waals surface area contributed by atoms with Crippen molar-refractivity contribution in [2.45, 2.75) is 6.92 Å². The Morgan fingerprint density at radius 1 is 1.00 bits per heavy atom. The first-order valence-electron chi connectivity index (χ1n) is 7.96. The number of halogens is 1. The summed E-state index contributed by atoms with van der Waals surface area (Å²) in [5.41, 5.74) is 5.22. The molecule has 0 fully saturated rings. The molecule has 0 spiro atoms. The lowest BCUT2D eigenvalue weighted by Gasteiger charge is -2.09. The number of methoxy groups -OCH3 is 2. The lowest BCUT2D eigenvalue weighted by Crippen LogP contribution is -2.41. The molecule has 0 aliphatic heterocycles. The van der Waals surface area contributed by atoms with Gasteiger partial charge in [-0.15, -0.1) is 0 Å². The molecule has 0 radical (unpaired) electrons. The lowest BCUT2D eigenvalue weighted by atomic mass is 10.1. The van der Waals surface area contributed by atoms with Crippen molar-refractivity contribution >= 4 is 22.8 Å². The highest BCUT2D eigenvalue weighted by molar-refractivity contribution is 6.01. The Morgan fingerprint density at radius 3 is 2.22 bits per heavy atom. The van der Waals surface area contributed by atoms with Crippen molar-refractivity contribution < 1.29 is 27.9 Å². The summed E-state index contributed by atoms with van der Waals surface area (Å²) in [5, 5.41) is 0.490. The zero-order chi connectivity index (χ0) is 19.6. The first-order chi connectivity index (χ1) is 12.9. The van der Waals surface area contributed by atoms with Gasteiger partial charge in [-0.05, 0) is 25.1 Å². The summed E-state index contributed by atoms with van der Waals surface area (Å²) in [5.74, 6) is -1.09. The number of amides is 2. The summed E-state index contributed by atoms with van der Waals surface area (Å²) in [4.78, 5) is 24.6. The van der Waals surface area contributed by atoms with Crippen LogP contribution in [0.3, 0.4) is 0 Å². The Balaban J connectivity index is 1.77. The fraction of sp³-hybridized carbons (Fsp3) is 0.158. The van der Waals surface area contributed by atoms with Crippen molar-refractivity contribution in [2.75, 3.05) is 14.2 Å². The van der Waals surface area contributed by atoms with Gasteiger partial charge in [-0.3, -0.25) is 20.4 Å². The van der Waals surface area contributed by atoms with Gasteiger partial charge in [0.2, 0.25) is 0 Å². The maximum Gasteiger partial charge on any atom is 0.305 e. The molecule has 0 aliphatic rings. The molecular formula is C19H17FN2O5. The van der Waals surface area contributed by atoms with Gasteiger partial charge in [0.15, 0.2) is 17.2 Å². The van der Waals surface area contributed by atoms with Crippen molar-refractivity contribution in [1.29, 1.82) is 0 Å². The van der Waals surface area contributed by atoms with Gasteiger partial charge in [0.1, 0.15) is 11.5 Å². The molecule has 0 bridgehead atoms. The van der Waals surface area contributed by atoms with Gasteiger partial charge in [0.05, 0.1) is 14.2 Å². The maximum atomic E-state index is 13.8. The number of ether oxygens (including phenoxy) is 2. The molecule has 1 heterocycles. The Hall–Kier alpha value is -3.55. The monoisotopic (exact) mass is 372 g/mol. The van der Waals surface area contributed by atoms with Gasteiger partial charge in [-0.2, -0.15) is 0 Å². The minimum Gasteiger partial charge on any atom is -0.497 e. The smallest absolute Gasteiger partial charge is 0.305 e. The molecular weight excluding hydrogens is 355 g/mol. The second kappa shape index (κ2) is 7.36. The number of hydrogen-bond acceptors (Lipinski definition) is 5. The predicted octanol–water partition coefficient (Wildman–Crippen LogP) is 2.97. The van der Waals surface area contributed by atoms with E-state index in [0.29, 0.717) is 22.4 Å². The van der Waals surface area contributed by atoms with E-state index in [9.17, 15) is 14.0 Å². The second-order valence-electron chi connectivity index (χ2n) is 5.68. The standard InChI is InChI=1S/C19H17FN2O5/c1-10-14-5-4-6-15(20)17(14)27-16(10)19(24)22-21-18(23)11-7-12(25-2)9-13(8-11)26-3/h4-9H,1-3H3,(H,21,23)(H,22,24). The molecule has 3 rings (SSSR count). The van der Waals surface area contributed by atoms with Gasteiger partial charge in [0, 0.05) is 22.6 Å². The van der Waals surface area contributed by atoms with Crippen molar-refractivity contribution in [3.8, 4) is 11.5 Å². The normalized spacial score (nSPS) is 10.5. The number of aryl methyl sites for hydroxylation is 1. The minimum absolute atomic E-state index is 0.0102. The molecule has 2 amide bonds. The van der Waals surface area contributed by atoms with E-state index in [2.05, 4.69) is 10.9 Å². The Morgan fingerprint density at radius 2 is 1.63 bits per heavy atom. The quantitative estimate of drug-likeness (QED) is 0.687. The van der Waals surface area contributed by atoms with Gasteiger partial charge >= 0.3 is 5.91 Å². The molecule has 0 atom stereocenters. The number of fused-ring (bicyclic) bond motifs is 1. The highest BCUT2D eigenvalue weighted by Crippen LogP contribution is 2.27. The third kappa shape index (κ3) is 3.55. The Kier molecular flexibility index (Phi) is 4.98. The van der Waals surface area contributed by atoms with E-state index in [0.717, 1.165) is 0 Å². The third-order valence-electron chi connectivity index (χ3n) is 4.03. The molecule has 27 heavy (non-hydrogen) atoms. The van der Waals surface area contributed by atoms with Gasteiger partial charge in [0.25, 0.3) is 5.91 Å². The number of benzene rings is 2. The molecule has 0 unspecified atom stereocenters. The molecule has 0 aliphatic carbocycles. The van der Waals surface area contributed by atoms with Crippen LogP contribution in [0.5, 0.6) is 11.5 Å². The summed E-state index contributed by atoms with van der Waals surface area (Å²) >= 11 is 0. The van der Waals surface area contributed by atoms with E-state index in [4.69, 9.17) is 13.9 Å². The molecule has 2 aromatic carbocycles. The summed E-state index contributed by atoms with van der Waals surface area (Å²) in [7, 11) is 2.92. The number of furan rings is 1. The Labute approximate surface area is 154 Å². The third-order valence-corrected chi connectivity index (χ3v) is 4.03. The molecule has 0 saturated heterocycles. The molecule has 8 heteroatoms. The summed E-state index contributed by atoms with van der Waals surface area (Å²) in [6, 6.07) is 9.01. The highest BCUT2D eigenvalue weighted by atomic mass is 19.1. The number of carbonyl (C=O) groups is 2. The predicted molar refractivity (Wildman–Crippen MR) is 95.4 cm³/mol. The number of hydrogen-bond donors (Lipinski definition) is 2. The lowest BCUT2D eigenvalue weighted by molar-refractivity contribution is 0.0831. The number of para-hydroxylation sites is 1. The van der Waals surface area contributed by atoms with Crippen LogP contribution in [0.4, 0.5) is 4.39 Å². The first kappa shape index (κ1) is 18.2. The minimum atomic E-state index is -0.702. The van der Waals surface area contributed by atoms with E-state index in [1.807, 2.05) is 0 Å². The van der Waals surface area contributed by atoms with E-state index in [-0.39, 0.29) is 16.9 Å². The van der Waals surface area contributed by atoms with Crippen molar-refractivity contribution in [2.24, 2.45) is 0 Å². The summed E-state index contributed by atoms with van der Waals surface area (Å²) in [6.07, 6.45) is 0. The van der Waals surface area contributed by atoms with Gasteiger partial charge in [-0.1, -0.05) is 12.1 Å². The molecule has 140 valence electrons. The average Bonchev–Trinajstić information content (AvgIpc) is 3.03. The number of carbonyl (C=O) groups excluding carboxylic acids is 2. The van der Waals surface area contributed by atoms with Crippen LogP contribution in [0.1, 0.15) is 26.5 Å². The molecule has 7 nitrogen and oxygen atoms in total. The van der Waals surface area contributed by atoms with Crippen LogP contribution in [0, 0.1) is 12.7 Å². The van der Waals surface area contributed by atoms with E-state index >= 15 is 0 Å². The highest BCUT2D eigenvalue weighted by Gasteiger charge is 2.20. The second-order valence-corrected chi connectivity index (χ2v) is 5.68. The van der Waals surface area contributed by atoms with Crippen LogP contribution in [0.25, 0.3) is 11.0 Å². The molecule has 3 aromatic rings. The van der Waals surface area contributed by atoms with Crippen LogP contribution >= 0.6 is 0 Å². The zero-order valence-electron chi connectivity index (χ0n) is 14.9. The molecule has 0 saturated carbocycles. The van der Waals surface area contributed by atoms with Gasteiger partial charge in [-0.25, -0.2) is 4.39 Å². The van der Waals surface area contributed by atoms with Crippen LogP contribution in [0.2, 0.25) is 0 Å². The largest absolute Gasteiger partial charge is 0.497 e.